The maximum absolute atomic E-state index is 5.85. The third kappa shape index (κ3) is 5.22. The van der Waals surface area contributed by atoms with Crippen LogP contribution in [-0.2, 0) is 0 Å². The summed E-state index contributed by atoms with van der Waals surface area (Å²) < 4.78 is 0. The second-order valence-corrected chi connectivity index (χ2v) is 6.06. The first-order chi connectivity index (χ1) is 8.09. The van der Waals surface area contributed by atoms with E-state index >= 15 is 0 Å². The number of hydrogen-bond acceptors (Lipinski definition) is 2. The maximum atomic E-state index is 5.85. The van der Waals surface area contributed by atoms with Gasteiger partial charge in [0.1, 0.15) is 0 Å². The van der Waals surface area contributed by atoms with Crippen molar-refractivity contribution in [2.75, 3.05) is 19.6 Å². The molecule has 100 valence electrons. The van der Waals surface area contributed by atoms with E-state index in [9.17, 15) is 0 Å². The summed E-state index contributed by atoms with van der Waals surface area (Å²) in [4.78, 5) is 2.59. The van der Waals surface area contributed by atoms with Gasteiger partial charge in [-0.1, -0.05) is 45.8 Å². The molecule has 1 aliphatic rings. The molecule has 1 rings (SSSR count). The molecule has 1 aliphatic carbocycles. The fraction of sp³-hybridized carbons (Fsp3) is 0.867. The van der Waals surface area contributed by atoms with E-state index in [0.717, 1.165) is 19.6 Å². The summed E-state index contributed by atoms with van der Waals surface area (Å²) >= 11 is 0. The Kier molecular flexibility index (Phi) is 6.21. The number of nitrogens with zero attached hydrogens (tertiary/aromatic N) is 1. The Bertz CT molecular complexity index is 233. The fourth-order valence-electron chi connectivity index (χ4n) is 2.52. The smallest absolute Gasteiger partial charge is 0.0278 e. The molecule has 1 atom stereocenters. The highest BCUT2D eigenvalue weighted by Gasteiger charge is 2.23. The zero-order valence-electron chi connectivity index (χ0n) is 11.9. The van der Waals surface area contributed by atoms with E-state index in [4.69, 9.17) is 5.73 Å². The van der Waals surface area contributed by atoms with Crippen molar-refractivity contribution < 1.29 is 0 Å². The molecule has 0 heterocycles. The Balaban J connectivity index is 2.61. The van der Waals surface area contributed by atoms with Crippen molar-refractivity contribution in [1.29, 1.82) is 0 Å². The Labute approximate surface area is 107 Å². The van der Waals surface area contributed by atoms with Gasteiger partial charge < -0.3 is 5.73 Å². The Morgan fingerprint density at radius 1 is 1.29 bits per heavy atom. The molecule has 0 bridgehead atoms. The molecule has 0 saturated heterocycles. The number of rotatable bonds is 5. The highest BCUT2D eigenvalue weighted by Crippen LogP contribution is 2.21. The van der Waals surface area contributed by atoms with Gasteiger partial charge in [-0.3, -0.25) is 4.90 Å². The summed E-state index contributed by atoms with van der Waals surface area (Å²) in [6.45, 7) is 9.79. The van der Waals surface area contributed by atoms with Gasteiger partial charge in [0.2, 0.25) is 0 Å². The molecule has 0 aromatic carbocycles. The van der Waals surface area contributed by atoms with Gasteiger partial charge in [-0.2, -0.15) is 0 Å². The van der Waals surface area contributed by atoms with Crippen molar-refractivity contribution in [2.24, 2.45) is 11.1 Å². The Morgan fingerprint density at radius 2 is 2.06 bits per heavy atom. The van der Waals surface area contributed by atoms with Crippen LogP contribution in [-0.4, -0.2) is 30.6 Å². The predicted molar refractivity (Wildman–Crippen MR) is 76.1 cm³/mol. The quantitative estimate of drug-likeness (QED) is 0.745. The first-order valence-electron chi connectivity index (χ1n) is 7.20. The van der Waals surface area contributed by atoms with Crippen LogP contribution in [0.5, 0.6) is 0 Å². The topological polar surface area (TPSA) is 29.3 Å². The first kappa shape index (κ1) is 14.7. The molecule has 0 amide bonds. The van der Waals surface area contributed by atoms with Crippen molar-refractivity contribution in [1.82, 2.24) is 4.90 Å². The van der Waals surface area contributed by atoms with Crippen molar-refractivity contribution in [2.45, 2.75) is 58.9 Å². The monoisotopic (exact) mass is 238 g/mol. The lowest BCUT2D eigenvalue weighted by Crippen LogP contribution is -2.43. The lowest BCUT2D eigenvalue weighted by molar-refractivity contribution is 0.153. The van der Waals surface area contributed by atoms with Crippen LogP contribution in [0.3, 0.4) is 0 Å². The molecule has 0 aromatic rings. The van der Waals surface area contributed by atoms with Crippen molar-refractivity contribution >= 4 is 0 Å². The summed E-state index contributed by atoms with van der Waals surface area (Å²) in [6, 6.07) is 0.631. The minimum atomic E-state index is 0.228. The van der Waals surface area contributed by atoms with Crippen LogP contribution in [0.15, 0.2) is 12.2 Å². The van der Waals surface area contributed by atoms with E-state index < -0.39 is 0 Å². The number of likely N-dealkylation sites (N-methyl/N-ethyl adjacent to an activating group) is 1. The van der Waals surface area contributed by atoms with E-state index in [1.54, 1.807) is 0 Å². The zero-order valence-corrected chi connectivity index (χ0v) is 11.9. The van der Waals surface area contributed by atoms with E-state index in [0.29, 0.717) is 6.04 Å². The fourth-order valence-corrected chi connectivity index (χ4v) is 2.52. The van der Waals surface area contributed by atoms with Gasteiger partial charge in [-0.05, 0) is 37.8 Å². The molecule has 0 spiro atoms. The van der Waals surface area contributed by atoms with Crippen LogP contribution < -0.4 is 5.73 Å². The van der Waals surface area contributed by atoms with Crippen LogP contribution in [0.2, 0.25) is 0 Å². The highest BCUT2D eigenvalue weighted by molar-refractivity contribution is 4.96. The first-order valence-corrected chi connectivity index (χ1v) is 7.20. The molecule has 0 aromatic heterocycles. The summed E-state index contributed by atoms with van der Waals surface area (Å²) in [5.41, 5.74) is 6.08. The minimum absolute atomic E-state index is 0.228. The summed E-state index contributed by atoms with van der Waals surface area (Å²) in [5, 5.41) is 0. The molecule has 17 heavy (non-hydrogen) atoms. The van der Waals surface area contributed by atoms with Crippen molar-refractivity contribution in [3.8, 4) is 0 Å². The van der Waals surface area contributed by atoms with Crippen LogP contribution in [0.4, 0.5) is 0 Å². The SMILES string of the molecule is CCN(CC(C)(C)CN)C1/C=C/CCCCC1. The second-order valence-electron chi connectivity index (χ2n) is 6.06. The number of nitrogens with two attached hydrogens (primary N) is 1. The summed E-state index contributed by atoms with van der Waals surface area (Å²) in [5.74, 6) is 0. The molecule has 0 radical (unpaired) electrons. The van der Waals surface area contributed by atoms with Crippen molar-refractivity contribution in [3.05, 3.63) is 12.2 Å². The highest BCUT2D eigenvalue weighted by atomic mass is 15.2. The number of hydrogen-bond donors (Lipinski definition) is 1. The van der Waals surface area contributed by atoms with Gasteiger partial charge >= 0.3 is 0 Å². The predicted octanol–water partition coefficient (Wildman–Crippen LogP) is 3.18. The summed E-state index contributed by atoms with van der Waals surface area (Å²) in [6.07, 6.45) is 11.5. The Hall–Kier alpha value is -0.340. The van der Waals surface area contributed by atoms with E-state index in [-0.39, 0.29) is 5.41 Å². The lowest BCUT2D eigenvalue weighted by atomic mass is 9.91. The molecular weight excluding hydrogens is 208 g/mol. The van der Waals surface area contributed by atoms with E-state index in [1.165, 1.54) is 32.1 Å². The Morgan fingerprint density at radius 3 is 2.71 bits per heavy atom. The number of allylic oxidation sites excluding steroid dienone is 1. The third-order valence-corrected chi connectivity index (χ3v) is 3.79. The van der Waals surface area contributed by atoms with Crippen LogP contribution in [0.25, 0.3) is 0 Å². The lowest BCUT2D eigenvalue weighted by Gasteiger charge is -2.36. The molecule has 2 nitrogen and oxygen atoms in total. The largest absolute Gasteiger partial charge is 0.330 e. The van der Waals surface area contributed by atoms with Gasteiger partial charge in [0.25, 0.3) is 0 Å². The van der Waals surface area contributed by atoms with Crippen molar-refractivity contribution in [3.63, 3.8) is 0 Å². The van der Waals surface area contributed by atoms with Crippen LogP contribution >= 0.6 is 0 Å². The normalized spacial score (nSPS) is 24.4. The molecule has 0 aliphatic heterocycles. The van der Waals surface area contributed by atoms with Gasteiger partial charge in [0, 0.05) is 12.6 Å². The van der Waals surface area contributed by atoms with E-state index in [1.807, 2.05) is 0 Å². The molecule has 1 unspecified atom stereocenters. The molecular formula is C15H30N2. The second kappa shape index (κ2) is 7.17. The average molecular weight is 238 g/mol. The van der Waals surface area contributed by atoms with Gasteiger partial charge in [0.05, 0.1) is 0 Å². The van der Waals surface area contributed by atoms with Crippen LogP contribution in [0.1, 0.15) is 52.9 Å². The maximum Gasteiger partial charge on any atom is 0.0278 e. The molecule has 2 N–H and O–H groups in total. The standard InChI is InChI=1S/C15H30N2/c1-4-17(13-15(2,3)12-16)14-10-8-6-5-7-9-11-14/h8,10,14H,4-7,9,11-13,16H2,1-3H3/b10-8+. The third-order valence-electron chi connectivity index (χ3n) is 3.79. The van der Waals surface area contributed by atoms with E-state index in [2.05, 4.69) is 37.8 Å². The molecule has 0 saturated carbocycles. The van der Waals surface area contributed by atoms with Crippen LogP contribution in [0, 0.1) is 5.41 Å². The average Bonchev–Trinajstić information content (AvgIpc) is 2.26. The molecule has 2 heteroatoms. The summed E-state index contributed by atoms with van der Waals surface area (Å²) in [7, 11) is 0. The minimum Gasteiger partial charge on any atom is -0.330 e. The van der Waals surface area contributed by atoms with Gasteiger partial charge in [-0.25, -0.2) is 0 Å². The van der Waals surface area contributed by atoms with Gasteiger partial charge in [-0.15, -0.1) is 0 Å². The molecule has 0 fully saturated rings. The van der Waals surface area contributed by atoms with Gasteiger partial charge in [0.15, 0.2) is 0 Å². The zero-order chi connectivity index (χ0) is 12.7.